The molecule has 0 bridgehead atoms. The molecule has 2 rings (SSSR count). The lowest BCUT2D eigenvalue weighted by Gasteiger charge is -2.15. The highest BCUT2D eigenvalue weighted by Gasteiger charge is 2.19. The molecule has 0 heterocycles. The minimum Gasteiger partial charge on any atom is -0.495 e. The van der Waals surface area contributed by atoms with Crippen molar-refractivity contribution >= 4 is 33.2 Å². The number of sulfonamides is 1. The van der Waals surface area contributed by atoms with E-state index in [4.69, 9.17) is 16.3 Å². The van der Waals surface area contributed by atoms with E-state index in [1.54, 1.807) is 18.2 Å². The number of nitrogens with one attached hydrogen (secondary N) is 2. The monoisotopic (exact) mass is 410 g/mol. The first-order valence-electron chi connectivity index (χ1n) is 8.58. The molecule has 2 aromatic carbocycles. The molecule has 146 valence electrons. The summed E-state index contributed by atoms with van der Waals surface area (Å²) < 4.78 is 33.1. The van der Waals surface area contributed by atoms with E-state index in [9.17, 15) is 13.2 Å². The van der Waals surface area contributed by atoms with Gasteiger partial charge in [-0.1, -0.05) is 31.5 Å². The molecule has 0 saturated carbocycles. The first-order chi connectivity index (χ1) is 12.8. The van der Waals surface area contributed by atoms with Gasteiger partial charge in [-0.25, -0.2) is 8.42 Å². The summed E-state index contributed by atoms with van der Waals surface area (Å²) in [6.07, 6.45) is 1.60. The van der Waals surface area contributed by atoms with Crippen LogP contribution < -0.4 is 14.8 Å². The molecule has 0 radical (unpaired) electrons. The molecule has 2 aromatic rings. The van der Waals surface area contributed by atoms with Crippen LogP contribution >= 0.6 is 11.6 Å². The Balaban J connectivity index is 2.30. The van der Waals surface area contributed by atoms with Crippen molar-refractivity contribution < 1.29 is 17.9 Å². The molecule has 27 heavy (non-hydrogen) atoms. The first kappa shape index (κ1) is 21.1. The van der Waals surface area contributed by atoms with E-state index >= 15 is 0 Å². The topological polar surface area (TPSA) is 84.5 Å². The molecule has 0 aromatic heterocycles. The van der Waals surface area contributed by atoms with Crippen molar-refractivity contribution in [3.05, 3.63) is 53.1 Å². The molecule has 0 fully saturated rings. The molecule has 1 amide bonds. The van der Waals surface area contributed by atoms with Gasteiger partial charge in [-0.15, -0.1) is 0 Å². The van der Waals surface area contributed by atoms with Crippen LogP contribution in [0.5, 0.6) is 5.75 Å². The zero-order valence-corrected chi connectivity index (χ0v) is 17.0. The number of hydrogen-bond donors (Lipinski definition) is 2. The quantitative estimate of drug-likeness (QED) is 0.687. The number of amides is 1. The van der Waals surface area contributed by atoms with Crippen molar-refractivity contribution in [2.45, 2.75) is 37.6 Å². The van der Waals surface area contributed by atoms with Gasteiger partial charge in [0.1, 0.15) is 5.75 Å². The summed E-state index contributed by atoms with van der Waals surface area (Å²) in [5, 5.41) is 3.26. The fourth-order valence-corrected chi connectivity index (χ4v) is 3.81. The van der Waals surface area contributed by atoms with Gasteiger partial charge in [0.05, 0.1) is 17.7 Å². The molecule has 0 atom stereocenters. The fraction of sp³-hybridized carbons (Fsp3) is 0.316. The second kappa shape index (κ2) is 9.10. The van der Waals surface area contributed by atoms with Crippen molar-refractivity contribution in [2.24, 2.45) is 0 Å². The SMILES string of the molecule is CCC(CC)NC(=O)c1cccc(S(=O)(=O)Nc2cc(Cl)ccc2OC)c1. The molecule has 0 aliphatic heterocycles. The molecule has 0 saturated heterocycles. The van der Waals surface area contributed by atoms with Gasteiger partial charge < -0.3 is 10.1 Å². The van der Waals surface area contributed by atoms with E-state index in [1.165, 1.54) is 31.4 Å². The van der Waals surface area contributed by atoms with Crippen molar-refractivity contribution in [3.8, 4) is 5.75 Å². The second-order valence-corrected chi connectivity index (χ2v) is 8.08. The van der Waals surface area contributed by atoms with E-state index in [-0.39, 0.29) is 28.1 Å². The summed E-state index contributed by atoms with van der Waals surface area (Å²) >= 11 is 5.95. The zero-order valence-electron chi connectivity index (χ0n) is 15.5. The number of carbonyl (C=O) groups excluding carboxylic acids is 1. The van der Waals surface area contributed by atoms with E-state index < -0.39 is 10.0 Å². The van der Waals surface area contributed by atoms with Crippen LogP contribution in [0.25, 0.3) is 0 Å². The molecule has 2 N–H and O–H groups in total. The Hall–Kier alpha value is -2.25. The van der Waals surface area contributed by atoms with Gasteiger partial charge in [0.2, 0.25) is 0 Å². The van der Waals surface area contributed by atoms with Gasteiger partial charge in [0.25, 0.3) is 15.9 Å². The number of halogens is 1. The van der Waals surface area contributed by atoms with Crippen LogP contribution in [-0.4, -0.2) is 27.5 Å². The zero-order chi connectivity index (χ0) is 20.0. The fourth-order valence-electron chi connectivity index (χ4n) is 2.53. The Kier molecular flexibility index (Phi) is 7.10. The average molecular weight is 411 g/mol. The summed E-state index contributed by atoms with van der Waals surface area (Å²) in [6.45, 7) is 3.97. The molecule has 0 aliphatic rings. The van der Waals surface area contributed by atoms with Crippen molar-refractivity contribution in [3.63, 3.8) is 0 Å². The maximum atomic E-state index is 12.7. The molecule has 0 aliphatic carbocycles. The number of ether oxygens (including phenoxy) is 1. The van der Waals surface area contributed by atoms with Crippen LogP contribution in [0, 0.1) is 0 Å². The Labute approximate surface area is 164 Å². The third-order valence-corrected chi connectivity index (χ3v) is 5.73. The van der Waals surface area contributed by atoms with Gasteiger partial charge in [-0.2, -0.15) is 0 Å². The largest absolute Gasteiger partial charge is 0.495 e. The number of methoxy groups -OCH3 is 1. The maximum Gasteiger partial charge on any atom is 0.262 e. The third kappa shape index (κ3) is 5.37. The van der Waals surface area contributed by atoms with Gasteiger partial charge in [0, 0.05) is 16.6 Å². The summed E-state index contributed by atoms with van der Waals surface area (Å²) in [7, 11) is -2.49. The standard InChI is InChI=1S/C19H23ClN2O4S/c1-4-15(5-2)21-19(23)13-7-6-8-16(11-13)27(24,25)22-17-12-14(20)9-10-18(17)26-3/h6-12,15,22H,4-5H2,1-3H3,(H,21,23). The summed E-state index contributed by atoms with van der Waals surface area (Å²) in [5.74, 6) is 0.0340. The highest BCUT2D eigenvalue weighted by molar-refractivity contribution is 7.92. The molecule has 0 unspecified atom stereocenters. The number of benzene rings is 2. The van der Waals surface area contributed by atoms with Crippen LogP contribution in [0.4, 0.5) is 5.69 Å². The Bertz CT molecular complexity index is 912. The smallest absolute Gasteiger partial charge is 0.262 e. The van der Waals surface area contributed by atoms with Crippen LogP contribution in [0.2, 0.25) is 5.02 Å². The molecular formula is C19H23ClN2O4S. The van der Waals surface area contributed by atoms with Crippen LogP contribution in [0.3, 0.4) is 0 Å². The van der Waals surface area contributed by atoms with Gasteiger partial charge in [-0.3, -0.25) is 9.52 Å². The minimum absolute atomic E-state index is 0.0262. The third-order valence-electron chi connectivity index (χ3n) is 4.13. The van der Waals surface area contributed by atoms with Crippen molar-refractivity contribution in [1.82, 2.24) is 5.32 Å². The predicted molar refractivity (Wildman–Crippen MR) is 107 cm³/mol. The summed E-state index contributed by atoms with van der Waals surface area (Å²) in [4.78, 5) is 12.4. The predicted octanol–water partition coefficient (Wildman–Crippen LogP) is 4.07. The maximum absolute atomic E-state index is 12.7. The lowest BCUT2D eigenvalue weighted by Crippen LogP contribution is -2.33. The first-order valence-corrected chi connectivity index (χ1v) is 10.4. The highest BCUT2D eigenvalue weighted by atomic mass is 35.5. The van der Waals surface area contributed by atoms with Gasteiger partial charge >= 0.3 is 0 Å². The Morgan fingerprint density at radius 2 is 1.85 bits per heavy atom. The summed E-state index contributed by atoms with van der Waals surface area (Å²) in [6, 6.07) is 10.6. The Morgan fingerprint density at radius 1 is 1.15 bits per heavy atom. The van der Waals surface area contributed by atoms with E-state index in [1.807, 2.05) is 13.8 Å². The van der Waals surface area contributed by atoms with E-state index in [0.29, 0.717) is 10.8 Å². The average Bonchev–Trinajstić information content (AvgIpc) is 2.66. The number of anilines is 1. The highest BCUT2D eigenvalue weighted by Crippen LogP contribution is 2.29. The molecule has 6 nitrogen and oxygen atoms in total. The minimum atomic E-state index is -3.93. The normalized spacial score (nSPS) is 11.3. The van der Waals surface area contributed by atoms with Crippen LogP contribution in [0.1, 0.15) is 37.0 Å². The lowest BCUT2D eigenvalue weighted by atomic mass is 10.1. The summed E-state index contributed by atoms with van der Waals surface area (Å²) in [5.41, 5.74) is 0.500. The number of carbonyl (C=O) groups is 1. The van der Waals surface area contributed by atoms with Crippen molar-refractivity contribution in [1.29, 1.82) is 0 Å². The van der Waals surface area contributed by atoms with Gasteiger partial charge in [-0.05, 0) is 49.2 Å². The molecule has 0 spiro atoms. The van der Waals surface area contributed by atoms with E-state index in [0.717, 1.165) is 12.8 Å². The van der Waals surface area contributed by atoms with Crippen LogP contribution in [0.15, 0.2) is 47.4 Å². The molecular weight excluding hydrogens is 388 g/mol. The Morgan fingerprint density at radius 3 is 2.48 bits per heavy atom. The van der Waals surface area contributed by atoms with Crippen LogP contribution in [-0.2, 0) is 10.0 Å². The van der Waals surface area contributed by atoms with Gasteiger partial charge in [0.15, 0.2) is 0 Å². The second-order valence-electron chi connectivity index (χ2n) is 5.96. The number of hydrogen-bond acceptors (Lipinski definition) is 4. The van der Waals surface area contributed by atoms with E-state index in [2.05, 4.69) is 10.0 Å². The number of rotatable bonds is 8. The molecule has 8 heteroatoms. The lowest BCUT2D eigenvalue weighted by molar-refractivity contribution is 0.0934. The van der Waals surface area contributed by atoms with Crippen molar-refractivity contribution in [2.75, 3.05) is 11.8 Å².